The van der Waals surface area contributed by atoms with Crippen molar-refractivity contribution in [1.82, 2.24) is 19.5 Å². The van der Waals surface area contributed by atoms with Gasteiger partial charge in [0.05, 0.1) is 32.4 Å². The first-order valence-electron chi connectivity index (χ1n) is 10.8. The molecule has 4 aromatic rings. The molecule has 13 heteroatoms. The molecular weight excluding hydrogens is 505 g/mol. The lowest BCUT2D eigenvalue weighted by molar-refractivity contribution is 0.390. The zero-order valence-electron chi connectivity index (χ0n) is 19.8. The number of aromatic nitrogens is 4. The Morgan fingerprint density at radius 3 is 2.22 bits per heavy atom. The van der Waals surface area contributed by atoms with Crippen LogP contribution < -0.4 is 19.8 Å². The number of halogens is 1. The molecule has 37 heavy (non-hydrogen) atoms. The van der Waals surface area contributed by atoms with Crippen molar-refractivity contribution in [3.63, 3.8) is 0 Å². The average Bonchev–Trinajstić information content (AvgIpc) is 2.90. The van der Waals surface area contributed by atoms with Crippen molar-refractivity contribution in [1.29, 1.82) is 0 Å². The first kappa shape index (κ1) is 25.6. The Balaban J connectivity index is 1.84. The summed E-state index contributed by atoms with van der Waals surface area (Å²) in [7, 11) is -1.39. The fraction of sp³-hybridized carbons (Fsp3) is 0.167. The molecule has 0 saturated heterocycles. The van der Waals surface area contributed by atoms with Crippen LogP contribution in [0.4, 0.5) is 10.1 Å². The number of aromatic hydroxyl groups is 1. The highest BCUT2D eigenvalue weighted by molar-refractivity contribution is 7.92. The number of rotatable bonds is 9. The number of aryl methyl sites for hydroxylation is 1. The predicted molar refractivity (Wildman–Crippen MR) is 133 cm³/mol. The number of hydrogen-bond donors (Lipinski definition) is 2. The van der Waals surface area contributed by atoms with Crippen LogP contribution >= 0.6 is 0 Å². The maximum atomic E-state index is 13.8. The summed E-state index contributed by atoms with van der Waals surface area (Å²) in [6.45, 7) is 0. The number of hydrogen-bond acceptors (Lipinski definition) is 9. The number of benzene rings is 2. The van der Waals surface area contributed by atoms with Crippen LogP contribution in [-0.4, -0.2) is 53.0 Å². The Morgan fingerprint density at radius 2 is 1.62 bits per heavy atom. The number of nitrogens with one attached hydrogen (secondary N) is 1. The van der Waals surface area contributed by atoms with Crippen LogP contribution in [0, 0.1) is 5.82 Å². The summed E-state index contributed by atoms with van der Waals surface area (Å²) in [5.74, 6) is -1.43. The third-order valence-corrected chi connectivity index (χ3v) is 6.50. The summed E-state index contributed by atoms with van der Waals surface area (Å²) >= 11 is 0. The fourth-order valence-electron chi connectivity index (χ4n) is 3.54. The van der Waals surface area contributed by atoms with Crippen LogP contribution in [-0.2, 0) is 16.4 Å². The van der Waals surface area contributed by atoms with Gasteiger partial charge in [-0.15, -0.1) is 0 Å². The molecule has 0 spiro atoms. The van der Waals surface area contributed by atoms with Gasteiger partial charge in [0.25, 0.3) is 5.56 Å². The molecule has 4 rings (SSSR count). The first-order valence-corrected chi connectivity index (χ1v) is 12.5. The maximum Gasteiger partial charge on any atom is 0.287 e. The van der Waals surface area contributed by atoms with Crippen molar-refractivity contribution in [3.05, 3.63) is 82.9 Å². The molecule has 0 radical (unpaired) electrons. The van der Waals surface area contributed by atoms with E-state index in [-0.39, 0.29) is 35.3 Å². The van der Waals surface area contributed by atoms with E-state index in [1.54, 1.807) is 48.5 Å². The SMILES string of the molecule is COc1cccc(OC)c1-n1c(-c2ccccc2)nc(O)c(NS(=O)(=O)CCc2ncc(F)cn2)c1=O. The molecule has 0 amide bonds. The van der Waals surface area contributed by atoms with Crippen molar-refractivity contribution in [2.24, 2.45) is 0 Å². The van der Waals surface area contributed by atoms with E-state index < -0.39 is 38.7 Å². The van der Waals surface area contributed by atoms with Gasteiger partial charge < -0.3 is 14.6 Å². The van der Waals surface area contributed by atoms with Gasteiger partial charge >= 0.3 is 0 Å². The lowest BCUT2D eigenvalue weighted by atomic mass is 10.2. The third-order valence-electron chi connectivity index (χ3n) is 5.25. The van der Waals surface area contributed by atoms with Crippen LogP contribution in [0.5, 0.6) is 17.4 Å². The fourth-order valence-corrected chi connectivity index (χ4v) is 4.58. The Kier molecular flexibility index (Phi) is 7.34. The monoisotopic (exact) mass is 527 g/mol. The molecular formula is C24H22FN5O6S. The van der Waals surface area contributed by atoms with Gasteiger partial charge in [0, 0.05) is 12.0 Å². The van der Waals surface area contributed by atoms with Crippen LogP contribution in [0.15, 0.2) is 65.7 Å². The van der Waals surface area contributed by atoms with E-state index in [0.29, 0.717) is 5.56 Å². The topological polar surface area (TPSA) is 146 Å². The number of methoxy groups -OCH3 is 2. The van der Waals surface area contributed by atoms with E-state index in [4.69, 9.17) is 9.47 Å². The summed E-state index contributed by atoms with van der Waals surface area (Å²) < 4.78 is 52.8. The van der Waals surface area contributed by atoms with Gasteiger partial charge in [0.1, 0.15) is 23.0 Å². The molecule has 0 aliphatic rings. The summed E-state index contributed by atoms with van der Waals surface area (Å²) in [5.41, 5.74) is -0.974. The van der Waals surface area contributed by atoms with Gasteiger partial charge in [-0.2, -0.15) is 4.98 Å². The number of nitrogens with zero attached hydrogens (tertiary/aromatic N) is 4. The van der Waals surface area contributed by atoms with Crippen LogP contribution in [0.3, 0.4) is 0 Å². The van der Waals surface area contributed by atoms with Gasteiger partial charge in [0.2, 0.25) is 15.9 Å². The third kappa shape index (κ3) is 5.51. The van der Waals surface area contributed by atoms with Gasteiger partial charge in [-0.3, -0.25) is 14.1 Å². The van der Waals surface area contributed by atoms with Crippen LogP contribution in [0.25, 0.3) is 17.1 Å². The van der Waals surface area contributed by atoms with Gasteiger partial charge in [0.15, 0.2) is 17.3 Å². The molecule has 0 bridgehead atoms. The first-order chi connectivity index (χ1) is 17.7. The summed E-state index contributed by atoms with van der Waals surface area (Å²) in [6.07, 6.45) is 1.67. The van der Waals surface area contributed by atoms with E-state index in [0.717, 1.165) is 17.0 Å². The second kappa shape index (κ2) is 10.6. The zero-order chi connectivity index (χ0) is 26.6. The smallest absolute Gasteiger partial charge is 0.287 e. The molecule has 2 aromatic carbocycles. The normalized spacial score (nSPS) is 11.2. The van der Waals surface area contributed by atoms with Crippen LogP contribution in [0.1, 0.15) is 5.82 Å². The van der Waals surface area contributed by atoms with Crippen molar-refractivity contribution in [2.75, 3.05) is 24.7 Å². The standard InChI is InChI=1S/C24H22FN5O6S/c1-35-17-9-6-10-18(36-2)21(17)30-22(15-7-4-3-5-8-15)28-23(31)20(24(30)32)29-37(33,34)12-11-19-26-13-16(25)14-27-19/h3-10,13-14,29,31H,11-12H2,1-2H3. The molecule has 2 heterocycles. The Bertz CT molecular complexity index is 1560. The minimum absolute atomic E-state index is 0.0218. The molecule has 0 unspecified atom stereocenters. The molecule has 0 saturated carbocycles. The van der Waals surface area contributed by atoms with Gasteiger partial charge in [-0.05, 0) is 12.1 Å². The summed E-state index contributed by atoms with van der Waals surface area (Å²) in [5, 5.41) is 10.7. The lowest BCUT2D eigenvalue weighted by Crippen LogP contribution is -2.29. The summed E-state index contributed by atoms with van der Waals surface area (Å²) in [6, 6.07) is 13.4. The number of ether oxygens (including phenoxy) is 2. The highest BCUT2D eigenvalue weighted by atomic mass is 32.2. The second-order valence-corrected chi connectivity index (χ2v) is 9.48. The Labute approximate surface area is 211 Å². The molecule has 0 atom stereocenters. The highest BCUT2D eigenvalue weighted by Gasteiger charge is 2.26. The number of anilines is 1. The van der Waals surface area contributed by atoms with Crippen molar-refractivity contribution in [3.8, 4) is 34.5 Å². The van der Waals surface area contributed by atoms with Crippen LogP contribution in [0.2, 0.25) is 0 Å². The molecule has 0 aliphatic carbocycles. The number of para-hydroxylation sites is 1. The highest BCUT2D eigenvalue weighted by Crippen LogP contribution is 2.35. The molecule has 192 valence electrons. The van der Waals surface area contributed by atoms with E-state index in [1.165, 1.54) is 14.2 Å². The van der Waals surface area contributed by atoms with E-state index in [9.17, 15) is 22.7 Å². The predicted octanol–water partition coefficient (Wildman–Crippen LogP) is 2.54. The van der Waals surface area contributed by atoms with E-state index in [1.807, 2.05) is 0 Å². The van der Waals surface area contributed by atoms with Crippen molar-refractivity contribution in [2.45, 2.75) is 6.42 Å². The second-order valence-electron chi connectivity index (χ2n) is 7.64. The molecule has 11 nitrogen and oxygen atoms in total. The van der Waals surface area contributed by atoms with Crippen molar-refractivity contribution < 1.29 is 27.4 Å². The minimum Gasteiger partial charge on any atom is -0.494 e. The van der Waals surface area contributed by atoms with E-state index >= 15 is 0 Å². The molecule has 2 N–H and O–H groups in total. The molecule has 0 aliphatic heterocycles. The quantitative estimate of drug-likeness (QED) is 0.335. The minimum atomic E-state index is -4.20. The Morgan fingerprint density at radius 1 is 1.00 bits per heavy atom. The average molecular weight is 528 g/mol. The maximum absolute atomic E-state index is 13.8. The zero-order valence-corrected chi connectivity index (χ0v) is 20.6. The lowest BCUT2D eigenvalue weighted by Gasteiger charge is -2.19. The number of sulfonamides is 1. The summed E-state index contributed by atoms with van der Waals surface area (Å²) in [4.78, 5) is 25.4. The molecule has 2 aromatic heterocycles. The Hall–Kier alpha value is -4.52. The van der Waals surface area contributed by atoms with Crippen molar-refractivity contribution >= 4 is 15.7 Å². The van der Waals surface area contributed by atoms with Gasteiger partial charge in [-0.25, -0.2) is 22.8 Å². The van der Waals surface area contributed by atoms with Gasteiger partial charge in [-0.1, -0.05) is 36.4 Å². The van der Waals surface area contributed by atoms with E-state index in [2.05, 4.69) is 19.7 Å². The largest absolute Gasteiger partial charge is 0.494 e. The molecule has 0 fully saturated rings.